The van der Waals surface area contributed by atoms with Crippen LogP contribution in [0.3, 0.4) is 0 Å². The zero-order valence-corrected chi connectivity index (χ0v) is 20.9. The molecule has 0 unspecified atom stereocenters. The van der Waals surface area contributed by atoms with E-state index >= 15 is 0 Å². The number of hydrogen-bond acceptors (Lipinski definition) is 10. The third kappa shape index (κ3) is 4.24. The van der Waals surface area contributed by atoms with Crippen LogP contribution >= 0.6 is 23.2 Å². The molecule has 12 nitrogen and oxygen atoms in total. The van der Waals surface area contributed by atoms with Gasteiger partial charge in [0.1, 0.15) is 0 Å². The molecule has 0 fully saturated rings. The van der Waals surface area contributed by atoms with Crippen molar-refractivity contribution in [1.82, 2.24) is 39.2 Å². The van der Waals surface area contributed by atoms with Gasteiger partial charge in [0.2, 0.25) is 0 Å². The van der Waals surface area contributed by atoms with Crippen LogP contribution in [0.25, 0.3) is 22.8 Å². The summed E-state index contributed by atoms with van der Waals surface area (Å²) in [5.74, 6) is -0.102. The first-order valence-electron chi connectivity index (χ1n) is 9.88. The first-order valence-corrected chi connectivity index (χ1v) is 13.5. The fourth-order valence-electron chi connectivity index (χ4n) is 3.20. The van der Waals surface area contributed by atoms with E-state index in [1.165, 1.54) is 72.8 Å². The molecule has 3 aromatic carbocycles. The average Bonchev–Trinajstić information content (AvgIpc) is 3.56. The standard InChI is InChI=1S/C20H12Cl2N8O4S2/c21-15-5-9-17(10-6-15)35(31,32)29-19(23-25-27-29)13-1-2-14(4-3-13)20-24-26-28-30(20)36(33,34)18-11-7-16(22)8-12-18/h1-12H. The Bertz CT molecular complexity index is 1640. The molecule has 5 rings (SSSR count). The Morgan fingerprint density at radius 3 is 1.19 bits per heavy atom. The molecule has 0 aliphatic rings. The van der Waals surface area contributed by atoms with E-state index in [4.69, 9.17) is 23.2 Å². The number of nitrogens with zero attached hydrogens (tertiary/aromatic N) is 8. The molecular formula is C20H12Cl2N8O4S2. The van der Waals surface area contributed by atoms with Crippen LogP contribution in [0.2, 0.25) is 10.0 Å². The largest absolute Gasteiger partial charge is 0.286 e. The number of halogens is 2. The van der Waals surface area contributed by atoms with Crippen molar-refractivity contribution in [3.05, 3.63) is 82.8 Å². The molecule has 2 heterocycles. The van der Waals surface area contributed by atoms with Gasteiger partial charge in [-0.05, 0) is 69.4 Å². The molecule has 0 radical (unpaired) electrons. The summed E-state index contributed by atoms with van der Waals surface area (Å²) in [7, 11) is -8.22. The molecule has 0 atom stereocenters. The SMILES string of the molecule is O=S(=O)(c1ccc(Cl)cc1)n1nnnc1-c1ccc(-c2nnnn2S(=O)(=O)c2ccc(Cl)cc2)cc1. The maximum Gasteiger partial charge on any atom is 0.286 e. The summed E-state index contributed by atoms with van der Waals surface area (Å²) in [6.45, 7) is 0. The van der Waals surface area contributed by atoms with Crippen molar-refractivity contribution in [3.8, 4) is 22.8 Å². The molecule has 0 amide bonds. The van der Waals surface area contributed by atoms with E-state index < -0.39 is 20.0 Å². The summed E-state index contributed by atoms with van der Waals surface area (Å²) in [6, 6.07) is 17.2. The third-order valence-electron chi connectivity index (χ3n) is 4.96. The fraction of sp³-hybridized carbons (Fsp3) is 0. The van der Waals surface area contributed by atoms with E-state index in [1.807, 2.05) is 0 Å². The maximum absolute atomic E-state index is 13.0. The van der Waals surface area contributed by atoms with Gasteiger partial charge >= 0.3 is 0 Å². The second-order valence-electron chi connectivity index (χ2n) is 7.19. The lowest BCUT2D eigenvalue weighted by atomic mass is 10.1. The predicted molar refractivity (Wildman–Crippen MR) is 128 cm³/mol. The Hall–Kier alpha value is -3.72. The number of benzene rings is 3. The fourth-order valence-corrected chi connectivity index (χ4v) is 5.81. The van der Waals surface area contributed by atoms with Crippen molar-refractivity contribution in [2.24, 2.45) is 0 Å². The average molecular weight is 563 g/mol. The number of hydrogen-bond donors (Lipinski definition) is 0. The summed E-state index contributed by atoms with van der Waals surface area (Å²) in [6.07, 6.45) is 0. The molecule has 36 heavy (non-hydrogen) atoms. The topological polar surface area (TPSA) is 155 Å². The van der Waals surface area contributed by atoms with Crippen LogP contribution in [0.4, 0.5) is 0 Å². The molecule has 0 spiro atoms. The van der Waals surface area contributed by atoms with Crippen LogP contribution in [0.5, 0.6) is 0 Å². The third-order valence-corrected chi connectivity index (χ3v) is 8.61. The van der Waals surface area contributed by atoms with Gasteiger partial charge < -0.3 is 0 Å². The molecule has 2 aromatic heterocycles. The van der Waals surface area contributed by atoms with Gasteiger partial charge in [-0.1, -0.05) is 47.5 Å². The summed E-state index contributed by atoms with van der Waals surface area (Å²) in [5, 5.41) is 22.7. The monoisotopic (exact) mass is 562 g/mol. The first kappa shape index (κ1) is 24.0. The zero-order valence-electron chi connectivity index (χ0n) is 17.7. The smallest absolute Gasteiger partial charge is 0.199 e. The van der Waals surface area contributed by atoms with Crippen LogP contribution in [-0.2, 0) is 20.0 Å². The van der Waals surface area contributed by atoms with Crippen molar-refractivity contribution in [2.75, 3.05) is 0 Å². The Morgan fingerprint density at radius 1 is 0.528 bits per heavy atom. The van der Waals surface area contributed by atoms with Crippen molar-refractivity contribution < 1.29 is 16.8 Å². The Balaban J connectivity index is 1.50. The van der Waals surface area contributed by atoms with Crippen molar-refractivity contribution >= 4 is 43.2 Å². The lowest BCUT2D eigenvalue weighted by Crippen LogP contribution is -2.16. The number of aromatic nitrogens is 8. The van der Waals surface area contributed by atoms with Gasteiger partial charge in [0.05, 0.1) is 9.79 Å². The Labute approximate surface area is 214 Å². The molecule has 16 heteroatoms. The Kier molecular flexibility index (Phi) is 6.04. The second-order valence-corrected chi connectivity index (χ2v) is 11.6. The lowest BCUT2D eigenvalue weighted by Gasteiger charge is -2.08. The molecule has 5 aromatic rings. The van der Waals surface area contributed by atoms with E-state index in [0.717, 1.165) is 0 Å². The van der Waals surface area contributed by atoms with E-state index in [1.54, 1.807) is 0 Å². The van der Waals surface area contributed by atoms with Gasteiger partial charge in [0, 0.05) is 21.2 Å². The molecule has 0 N–H and O–H groups in total. The molecule has 0 bridgehead atoms. The van der Waals surface area contributed by atoms with Crippen molar-refractivity contribution in [1.29, 1.82) is 0 Å². The minimum Gasteiger partial charge on any atom is -0.199 e. The van der Waals surface area contributed by atoms with Gasteiger partial charge in [-0.3, -0.25) is 0 Å². The highest BCUT2D eigenvalue weighted by molar-refractivity contribution is 7.90. The highest BCUT2D eigenvalue weighted by Crippen LogP contribution is 2.26. The summed E-state index contributed by atoms with van der Waals surface area (Å²) in [5.41, 5.74) is 0.696. The molecule has 0 aliphatic heterocycles. The van der Waals surface area contributed by atoms with Crippen LogP contribution in [0, 0.1) is 0 Å². The highest BCUT2D eigenvalue weighted by Gasteiger charge is 2.26. The predicted octanol–water partition coefficient (Wildman–Crippen LogP) is 2.77. The van der Waals surface area contributed by atoms with Gasteiger partial charge in [-0.15, -0.1) is 18.4 Å². The molecule has 0 aliphatic carbocycles. The summed E-state index contributed by atoms with van der Waals surface area (Å²) in [4.78, 5) is -0.104. The van der Waals surface area contributed by atoms with Crippen LogP contribution < -0.4 is 0 Å². The van der Waals surface area contributed by atoms with Crippen LogP contribution in [-0.4, -0.2) is 56.1 Å². The molecule has 0 saturated heterocycles. The van der Waals surface area contributed by atoms with Gasteiger partial charge in [0.15, 0.2) is 11.6 Å². The van der Waals surface area contributed by atoms with Crippen LogP contribution in [0.15, 0.2) is 82.6 Å². The minimum absolute atomic E-state index is 0.0510. The molecule has 182 valence electrons. The van der Waals surface area contributed by atoms with Crippen molar-refractivity contribution in [3.63, 3.8) is 0 Å². The molecular weight excluding hydrogens is 551 g/mol. The Morgan fingerprint density at radius 2 is 0.861 bits per heavy atom. The minimum atomic E-state index is -4.11. The lowest BCUT2D eigenvalue weighted by molar-refractivity contribution is 0.576. The maximum atomic E-state index is 13.0. The highest BCUT2D eigenvalue weighted by atomic mass is 35.5. The van der Waals surface area contributed by atoms with Crippen molar-refractivity contribution in [2.45, 2.75) is 9.79 Å². The van der Waals surface area contributed by atoms with Crippen LogP contribution in [0.1, 0.15) is 0 Å². The van der Waals surface area contributed by atoms with Gasteiger partial charge in [-0.25, -0.2) is 0 Å². The molecule has 0 saturated carbocycles. The zero-order chi connectivity index (χ0) is 25.5. The van der Waals surface area contributed by atoms with Gasteiger partial charge in [-0.2, -0.15) is 16.8 Å². The quantitative estimate of drug-likeness (QED) is 0.301. The normalized spacial score (nSPS) is 12.1. The van der Waals surface area contributed by atoms with E-state index in [2.05, 4.69) is 31.1 Å². The number of tetrazole rings is 2. The summed E-state index contributed by atoms with van der Waals surface area (Å²) < 4.78 is 53.5. The second kappa shape index (κ2) is 9.05. The first-order chi connectivity index (χ1) is 17.2. The number of rotatable bonds is 6. The van der Waals surface area contributed by atoms with E-state index in [-0.39, 0.29) is 21.4 Å². The van der Waals surface area contributed by atoms with Gasteiger partial charge in [0.25, 0.3) is 20.0 Å². The van der Waals surface area contributed by atoms with E-state index in [9.17, 15) is 16.8 Å². The summed E-state index contributed by atoms with van der Waals surface area (Å²) >= 11 is 11.7. The van der Waals surface area contributed by atoms with E-state index in [0.29, 0.717) is 29.3 Å².